The van der Waals surface area contributed by atoms with Gasteiger partial charge in [-0.2, -0.15) is 5.10 Å². The molecule has 0 aliphatic carbocycles. The minimum absolute atomic E-state index is 0.140. The van der Waals surface area contributed by atoms with E-state index in [1.807, 2.05) is 44.3 Å². The van der Waals surface area contributed by atoms with E-state index in [9.17, 15) is 4.79 Å². The fraction of sp³-hybridized carbons (Fsp3) is 0.158. The molecule has 5 heteroatoms. The summed E-state index contributed by atoms with van der Waals surface area (Å²) in [7, 11) is 0. The lowest BCUT2D eigenvalue weighted by molar-refractivity contribution is 0.0697. The molecule has 2 aromatic carbocycles. The minimum atomic E-state index is -0.930. The van der Waals surface area contributed by atoms with Crippen LogP contribution in [0.5, 0.6) is 5.75 Å². The van der Waals surface area contributed by atoms with Crippen molar-refractivity contribution >= 4 is 5.97 Å². The topological polar surface area (TPSA) is 64.3 Å². The van der Waals surface area contributed by atoms with Crippen LogP contribution in [0, 0.1) is 0 Å². The summed E-state index contributed by atoms with van der Waals surface area (Å²) in [5.74, 6) is -0.105. The van der Waals surface area contributed by atoms with Gasteiger partial charge in [0.25, 0.3) is 0 Å². The highest BCUT2D eigenvalue weighted by molar-refractivity contribution is 5.88. The summed E-state index contributed by atoms with van der Waals surface area (Å²) in [5, 5.41) is 13.3. The Labute approximate surface area is 140 Å². The van der Waals surface area contributed by atoms with E-state index in [1.165, 1.54) is 0 Å². The van der Waals surface area contributed by atoms with E-state index in [2.05, 4.69) is 5.10 Å². The van der Waals surface area contributed by atoms with E-state index in [1.54, 1.807) is 35.1 Å². The van der Waals surface area contributed by atoms with Gasteiger partial charge in [0.2, 0.25) is 0 Å². The fourth-order valence-corrected chi connectivity index (χ4v) is 2.37. The van der Waals surface area contributed by atoms with Gasteiger partial charge in [-0.3, -0.25) is 0 Å². The van der Waals surface area contributed by atoms with E-state index in [-0.39, 0.29) is 11.7 Å². The van der Waals surface area contributed by atoms with E-state index in [4.69, 9.17) is 9.84 Å². The number of ether oxygens (including phenoxy) is 1. The maximum absolute atomic E-state index is 10.9. The number of rotatable bonds is 5. The smallest absolute Gasteiger partial charge is 0.335 e. The molecule has 0 fully saturated rings. The predicted octanol–water partition coefficient (Wildman–Crippen LogP) is 4.02. The second-order valence-corrected chi connectivity index (χ2v) is 5.72. The molecule has 3 aromatic rings. The summed E-state index contributed by atoms with van der Waals surface area (Å²) in [6, 6.07) is 14.5. The number of hydrogen-bond acceptors (Lipinski definition) is 3. The third kappa shape index (κ3) is 3.46. The van der Waals surface area contributed by atoms with Crippen molar-refractivity contribution in [2.24, 2.45) is 0 Å². The Balaban J connectivity index is 1.81. The van der Waals surface area contributed by atoms with Crippen molar-refractivity contribution in [1.29, 1.82) is 0 Å². The molecular weight excluding hydrogens is 304 g/mol. The highest BCUT2D eigenvalue weighted by atomic mass is 16.5. The average molecular weight is 322 g/mol. The molecule has 0 unspecified atom stereocenters. The number of benzene rings is 2. The quantitative estimate of drug-likeness (QED) is 0.770. The normalized spacial score (nSPS) is 10.8. The number of aromatic carboxylic acids is 1. The number of aromatic nitrogens is 2. The van der Waals surface area contributed by atoms with Crippen molar-refractivity contribution in [3.8, 4) is 22.6 Å². The van der Waals surface area contributed by atoms with E-state index >= 15 is 0 Å². The molecule has 0 radical (unpaired) electrons. The zero-order chi connectivity index (χ0) is 17.1. The predicted molar refractivity (Wildman–Crippen MR) is 91.7 cm³/mol. The van der Waals surface area contributed by atoms with Crippen molar-refractivity contribution in [2.75, 3.05) is 0 Å². The van der Waals surface area contributed by atoms with Gasteiger partial charge in [0.1, 0.15) is 5.75 Å². The van der Waals surface area contributed by atoms with Crippen LogP contribution in [-0.4, -0.2) is 27.0 Å². The lowest BCUT2D eigenvalue weighted by atomic mass is 10.1. The Bertz CT molecular complexity index is 834. The molecule has 122 valence electrons. The van der Waals surface area contributed by atoms with Crippen LogP contribution in [0.2, 0.25) is 0 Å². The Morgan fingerprint density at radius 3 is 2.29 bits per heavy atom. The third-order valence-corrected chi connectivity index (χ3v) is 3.52. The lowest BCUT2D eigenvalue weighted by Gasteiger charge is -2.10. The summed E-state index contributed by atoms with van der Waals surface area (Å²) >= 11 is 0. The minimum Gasteiger partial charge on any atom is -0.491 e. The molecule has 1 aromatic heterocycles. The van der Waals surface area contributed by atoms with Gasteiger partial charge >= 0.3 is 5.97 Å². The second-order valence-electron chi connectivity index (χ2n) is 5.72. The first-order valence-corrected chi connectivity index (χ1v) is 7.68. The molecule has 0 saturated heterocycles. The van der Waals surface area contributed by atoms with Crippen LogP contribution in [0.3, 0.4) is 0 Å². The molecule has 0 spiro atoms. The Hall–Kier alpha value is -3.08. The van der Waals surface area contributed by atoms with E-state index in [0.717, 1.165) is 22.6 Å². The molecule has 0 saturated carbocycles. The molecule has 1 heterocycles. The molecule has 0 atom stereocenters. The molecule has 0 aliphatic rings. The molecule has 0 aliphatic heterocycles. The first kappa shape index (κ1) is 15.8. The van der Waals surface area contributed by atoms with Crippen molar-refractivity contribution in [1.82, 2.24) is 9.78 Å². The van der Waals surface area contributed by atoms with Gasteiger partial charge < -0.3 is 9.84 Å². The summed E-state index contributed by atoms with van der Waals surface area (Å²) in [6.45, 7) is 3.98. The summed E-state index contributed by atoms with van der Waals surface area (Å²) in [4.78, 5) is 10.9. The fourth-order valence-electron chi connectivity index (χ4n) is 2.37. The molecule has 1 N–H and O–H groups in total. The first-order valence-electron chi connectivity index (χ1n) is 7.68. The monoisotopic (exact) mass is 322 g/mol. The molecule has 0 amide bonds. The Kier molecular flexibility index (Phi) is 4.33. The van der Waals surface area contributed by atoms with Crippen LogP contribution in [-0.2, 0) is 0 Å². The van der Waals surface area contributed by atoms with Crippen LogP contribution in [0.1, 0.15) is 24.2 Å². The first-order chi connectivity index (χ1) is 11.5. The number of carboxylic acids is 1. The van der Waals surface area contributed by atoms with Crippen molar-refractivity contribution in [3.63, 3.8) is 0 Å². The molecular formula is C19H18N2O3. The van der Waals surface area contributed by atoms with Crippen LogP contribution in [0.15, 0.2) is 60.9 Å². The third-order valence-electron chi connectivity index (χ3n) is 3.52. The van der Waals surface area contributed by atoms with Gasteiger partial charge in [-0.1, -0.05) is 12.1 Å². The van der Waals surface area contributed by atoms with Gasteiger partial charge in [0.15, 0.2) is 0 Å². The molecule has 5 nitrogen and oxygen atoms in total. The number of nitrogens with zero attached hydrogens (tertiary/aromatic N) is 2. The zero-order valence-corrected chi connectivity index (χ0v) is 13.5. The zero-order valence-electron chi connectivity index (χ0n) is 13.5. The maximum Gasteiger partial charge on any atom is 0.335 e. The average Bonchev–Trinajstić information content (AvgIpc) is 3.05. The Morgan fingerprint density at radius 1 is 1.04 bits per heavy atom. The van der Waals surface area contributed by atoms with Gasteiger partial charge in [-0.25, -0.2) is 9.48 Å². The number of carboxylic acid groups (broad SMARTS) is 1. The van der Waals surface area contributed by atoms with E-state index in [0.29, 0.717) is 0 Å². The highest BCUT2D eigenvalue weighted by Gasteiger charge is 2.06. The van der Waals surface area contributed by atoms with Gasteiger partial charge in [-0.15, -0.1) is 0 Å². The van der Waals surface area contributed by atoms with E-state index < -0.39 is 5.97 Å². The van der Waals surface area contributed by atoms with Gasteiger partial charge in [-0.05, 0) is 55.8 Å². The number of carbonyl (C=O) groups is 1. The molecule has 24 heavy (non-hydrogen) atoms. The van der Waals surface area contributed by atoms with Crippen LogP contribution in [0.25, 0.3) is 16.8 Å². The SMILES string of the molecule is CC(C)Oc1ccc(-n2cc(-c3ccc(C(=O)O)cc3)cn2)cc1. The van der Waals surface area contributed by atoms with Crippen LogP contribution < -0.4 is 4.74 Å². The maximum atomic E-state index is 10.9. The Morgan fingerprint density at radius 2 is 1.71 bits per heavy atom. The lowest BCUT2D eigenvalue weighted by Crippen LogP contribution is -2.05. The largest absolute Gasteiger partial charge is 0.491 e. The molecule has 3 rings (SSSR count). The van der Waals surface area contributed by atoms with Gasteiger partial charge in [0.05, 0.1) is 23.6 Å². The summed E-state index contributed by atoms with van der Waals surface area (Å²) in [5.41, 5.74) is 3.05. The van der Waals surface area contributed by atoms with Crippen molar-refractivity contribution in [2.45, 2.75) is 20.0 Å². The van der Waals surface area contributed by atoms with Gasteiger partial charge in [0, 0.05) is 11.8 Å². The van der Waals surface area contributed by atoms with Crippen LogP contribution >= 0.6 is 0 Å². The van der Waals surface area contributed by atoms with Crippen LogP contribution in [0.4, 0.5) is 0 Å². The van der Waals surface area contributed by atoms with Crippen molar-refractivity contribution in [3.05, 3.63) is 66.5 Å². The molecule has 0 bridgehead atoms. The summed E-state index contributed by atoms with van der Waals surface area (Å²) < 4.78 is 7.41. The van der Waals surface area contributed by atoms with Crippen molar-refractivity contribution < 1.29 is 14.6 Å². The second kappa shape index (κ2) is 6.58. The highest BCUT2D eigenvalue weighted by Crippen LogP contribution is 2.22. The number of hydrogen-bond donors (Lipinski definition) is 1. The standard InChI is InChI=1S/C19H18N2O3/c1-13(2)24-18-9-7-17(8-10-18)21-12-16(11-20-21)14-3-5-15(6-4-14)19(22)23/h3-13H,1-2H3,(H,22,23). The summed E-state index contributed by atoms with van der Waals surface area (Å²) in [6.07, 6.45) is 3.81.